The maximum Gasteiger partial charge on any atom is 0.0762 e. The average Bonchev–Trinajstić information content (AvgIpc) is 2.79. The van der Waals surface area contributed by atoms with Crippen LogP contribution in [0.25, 0.3) is 0 Å². The molecule has 1 aromatic rings. The highest BCUT2D eigenvalue weighted by Gasteiger charge is 2.25. The summed E-state index contributed by atoms with van der Waals surface area (Å²) < 4.78 is 2.19. The lowest BCUT2D eigenvalue weighted by atomic mass is 9.79. The molecule has 1 heterocycles. The Labute approximate surface area is 105 Å². The van der Waals surface area contributed by atoms with Crippen LogP contribution in [0, 0.1) is 11.8 Å². The second kappa shape index (κ2) is 5.67. The molecule has 1 fully saturated rings. The lowest BCUT2D eigenvalue weighted by Gasteiger charge is -2.32. The zero-order valence-corrected chi connectivity index (χ0v) is 11.3. The van der Waals surface area contributed by atoms with Crippen molar-refractivity contribution in [2.75, 3.05) is 6.54 Å². The van der Waals surface area contributed by atoms with Crippen LogP contribution in [-0.2, 0) is 6.54 Å². The molecule has 3 unspecified atom stereocenters. The molecule has 0 spiro atoms. The summed E-state index contributed by atoms with van der Waals surface area (Å²) in [5.41, 5.74) is 1.16. The van der Waals surface area contributed by atoms with Gasteiger partial charge in [0.05, 0.1) is 11.7 Å². The summed E-state index contributed by atoms with van der Waals surface area (Å²) >= 11 is 0. The molecule has 0 saturated heterocycles. The molecule has 2 rings (SSSR count). The Bertz CT molecular complexity index is 345. The van der Waals surface area contributed by atoms with Crippen LogP contribution in [0.5, 0.6) is 0 Å². The molecule has 0 radical (unpaired) electrons. The van der Waals surface area contributed by atoms with Crippen LogP contribution in [0.3, 0.4) is 0 Å². The van der Waals surface area contributed by atoms with Gasteiger partial charge in [-0.2, -0.15) is 5.10 Å². The average molecular weight is 235 g/mol. The SMILES string of the molecule is CCNCc1ccn(C2CCC(C)C(C)C2)n1. The zero-order chi connectivity index (χ0) is 12.3. The van der Waals surface area contributed by atoms with Crippen molar-refractivity contribution < 1.29 is 0 Å². The first-order valence-electron chi connectivity index (χ1n) is 6.95. The van der Waals surface area contributed by atoms with Gasteiger partial charge in [0, 0.05) is 12.7 Å². The van der Waals surface area contributed by atoms with E-state index in [4.69, 9.17) is 0 Å². The first-order valence-corrected chi connectivity index (χ1v) is 6.95. The molecule has 1 aromatic heterocycles. The van der Waals surface area contributed by atoms with E-state index in [0.717, 1.165) is 30.6 Å². The largest absolute Gasteiger partial charge is 0.311 e. The van der Waals surface area contributed by atoms with E-state index in [2.05, 4.69) is 48.1 Å². The highest BCUT2D eigenvalue weighted by molar-refractivity contribution is 4.99. The van der Waals surface area contributed by atoms with Crippen molar-refractivity contribution in [2.24, 2.45) is 11.8 Å². The Morgan fingerprint density at radius 1 is 1.35 bits per heavy atom. The molecule has 3 nitrogen and oxygen atoms in total. The molecule has 1 saturated carbocycles. The van der Waals surface area contributed by atoms with Gasteiger partial charge in [-0.1, -0.05) is 20.8 Å². The minimum atomic E-state index is 0.622. The predicted octanol–water partition coefficient (Wildman–Crippen LogP) is 2.99. The normalized spacial score (nSPS) is 29.5. The maximum absolute atomic E-state index is 4.69. The second-order valence-electron chi connectivity index (χ2n) is 5.49. The van der Waals surface area contributed by atoms with Crippen LogP contribution in [0.4, 0.5) is 0 Å². The Morgan fingerprint density at radius 2 is 2.18 bits per heavy atom. The first-order chi connectivity index (χ1) is 8.20. The number of hydrogen-bond donors (Lipinski definition) is 1. The fraction of sp³-hybridized carbons (Fsp3) is 0.786. The predicted molar refractivity (Wildman–Crippen MR) is 70.8 cm³/mol. The van der Waals surface area contributed by atoms with Crippen LogP contribution >= 0.6 is 0 Å². The molecule has 3 heteroatoms. The lowest BCUT2D eigenvalue weighted by molar-refractivity contribution is 0.200. The van der Waals surface area contributed by atoms with E-state index in [-0.39, 0.29) is 0 Å². The van der Waals surface area contributed by atoms with Crippen molar-refractivity contribution in [1.29, 1.82) is 0 Å². The van der Waals surface area contributed by atoms with Gasteiger partial charge < -0.3 is 5.32 Å². The fourth-order valence-corrected chi connectivity index (χ4v) is 2.69. The number of hydrogen-bond acceptors (Lipinski definition) is 2. The van der Waals surface area contributed by atoms with E-state index in [1.165, 1.54) is 19.3 Å². The van der Waals surface area contributed by atoms with Crippen LogP contribution in [0.15, 0.2) is 12.3 Å². The van der Waals surface area contributed by atoms with Gasteiger partial charge in [0.1, 0.15) is 0 Å². The van der Waals surface area contributed by atoms with E-state index in [1.807, 2.05) is 0 Å². The van der Waals surface area contributed by atoms with Crippen molar-refractivity contribution in [1.82, 2.24) is 15.1 Å². The monoisotopic (exact) mass is 235 g/mol. The van der Waals surface area contributed by atoms with Gasteiger partial charge >= 0.3 is 0 Å². The molecule has 1 N–H and O–H groups in total. The zero-order valence-electron chi connectivity index (χ0n) is 11.3. The molecule has 0 amide bonds. The fourth-order valence-electron chi connectivity index (χ4n) is 2.69. The summed E-state index contributed by atoms with van der Waals surface area (Å²) in [5, 5.41) is 8.01. The smallest absolute Gasteiger partial charge is 0.0762 e. The minimum Gasteiger partial charge on any atom is -0.311 e. The Kier molecular flexibility index (Phi) is 4.21. The molecule has 3 atom stereocenters. The van der Waals surface area contributed by atoms with Crippen LogP contribution in [0.2, 0.25) is 0 Å². The third kappa shape index (κ3) is 3.09. The molecule has 96 valence electrons. The molecule has 17 heavy (non-hydrogen) atoms. The lowest BCUT2D eigenvalue weighted by Crippen LogP contribution is -2.24. The van der Waals surface area contributed by atoms with Crippen LogP contribution < -0.4 is 5.32 Å². The van der Waals surface area contributed by atoms with Crippen LogP contribution in [0.1, 0.15) is 51.8 Å². The maximum atomic E-state index is 4.69. The van der Waals surface area contributed by atoms with E-state index < -0.39 is 0 Å². The summed E-state index contributed by atoms with van der Waals surface area (Å²) in [6, 6.07) is 2.77. The number of nitrogens with zero attached hydrogens (tertiary/aromatic N) is 2. The van der Waals surface area contributed by atoms with E-state index in [0.29, 0.717) is 6.04 Å². The van der Waals surface area contributed by atoms with Gasteiger partial charge in [-0.3, -0.25) is 4.68 Å². The topological polar surface area (TPSA) is 29.9 Å². The second-order valence-corrected chi connectivity index (χ2v) is 5.49. The summed E-state index contributed by atoms with van der Waals surface area (Å²) in [5.74, 6) is 1.71. The molecule has 0 aromatic carbocycles. The van der Waals surface area contributed by atoms with Gasteiger partial charge in [0.2, 0.25) is 0 Å². The molecular formula is C14H25N3. The molecule has 0 aliphatic heterocycles. The summed E-state index contributed by atoms with van der Waals surface area (Å²) in [6.07, 6.45) is 6.06. The number of rotatable bonds is 4. The van der Waals surface area contributed by atoms with Gasteiger partial charge in [-0.15, -0.1) is 0 Å². The van der Waals surface area contributed by atoms with Crippen molar-refractivity contribution in [3.05, 3.63) is 18.0 Å². The Hall–Kier alpha value is -0.830. The minimum absolute atomic E-state index is 0.622. The number of nitrogens with one attached hydrogen (secondary N) is 1. The standard InChI is InChI=1S/C14H25N3/c1-4-15-10-13-7-8-17(16-13)14-6-5-11(2)12(3)9-14/h7-8,11-12,14-15H,4-6,9-10H2,1-3H3. The van der Waals surface area contributed by atoms with Crippen molar-refractivity contribution >= 4 is 0 Å². The van der Waals surface area contributed by atoms with E-state index in [9.17, 15) is 0 Å². The van der Waals surface area contributed by atoms with E-state index in [1.54, 1.807) is 0 Å². The van der Waals surface area contributed by atoms with Crippen molar-refractivity contribution in [2.45, 2.75) is 52.6 Å². The molecule has 0 bridgehead atoms. The van der Waals surface area contributed by atoms with E-state index >= 15 is 0 Å². The van der Waals surface area contributed by atoms with Gasteiger partial charge in [0.15, 0.2) is 0 Å². The van der Waals surface area contributed by atoms with Gasteiger partial charge in [-0.05, 0) is 43.7 Å². The Morgan fingerprint density at radius 3 is 2.88 bits per heavy atom. The first kappa shape index (κ1) is 12.6. The van der Waals surface area contributed by atoms with Crippen molar-refractivity contribution in [3.63, 3.8) is 0 Å². The highest BCUT2D eigenvalue weighted by atomic mass is 15.3. The summed E-state index contributed by atoms with van der Waals surface area (Å²) in [6.45, 7) is 8.77. The third-order valence-electron chi connectivity index (χ3n) is 4.16. The summed E-state index contributed by atoms with van der Waals surface area (Å²) in [7, 11) is 0. The quantitative estimate of drug-likeness (QED) is 0.869. The number of aromatic nitrogens is 2. The van der Waals surface area contributed by atoms with Gasteiger partial charge in [0.25, 0.3) is 0 Å². The Balaban J connectivity index is 1.95. The highest BCUT2D eigenvalue weighted by Crippen LogP contribution is 2.35. The molecule has 1 aliphatic carbocycles. The summed E-state index contributed by atoms with van der Waals surface area (Å²) in [4.78, 5) is 0. The van der Waals surface area contributed by atoms with Gasteiger partial charge in [-0.25, -0.2) is 0 Å². The molecule has 1 aliphatic rings. The molecular weight excluding hydrogens is 210 g/mol. The van der Waals surface area contributed by atoms with Crippen molar-refractivity contribution in [3.8, 4) is 0 Å². The van der Waals surface area contributed by atoms with Crippen LogP contribution in [-0.4, -0.2) is 16.3 Å². The third-order valence-corrected chi connectivity index (χ3v) is 4.16.